The summed E-state index contributed by atoms with van der Waals surface area (Å²) in [4.78, 5) is 67.5. The van der Waals surface area contributed by atoms with E-state index in [1.165, 1.54) is 20.4 Å². The van der Waals surface area contributed by atoms with Crippen LogP contribution in [0.1, 0.15) is 33.5 Å². The lowest BCUT2D eigenvalue weighted by atomic mass is 10.00. The zero-order valence-electron chi connectivity index (χ0n) is 24.1. The fraction of sp³-hybridized carbons (Fsp3) is 0.367. The van der Waals surface area contributed by atoms with E-state index in [9.17, 15) is 24.0 Å². The van der Waals surface area contributed by atoms with Crippen molar-refractivity contribution in [3.8, 4) is 17.2 Å². The van der Waals surface area contributed by atoms with E-state index in [0.717, 1.165) is 15.7 Å². The second-order valence-corrected chi connectivity index (χ2v) is 10.5. The van der Waals surface area contributed by atoms with E-state index in [1.54, 1.807) is 41.3 Å². The number of aromatic nitrogens is 2. The maximum atomic E-state index is 13.5. The van der Waals surface area contributed by atoms with Crippen LogP contribution >= 0.6 is 0 Å². The summed E-state index contributed by atoms with van der Waals surface area (Å²) in [5.74, 6) is 0.336. The van der Waals surface area contributed by atoms with Gasteiger partial charge in [0.15, 0.2) is 6.61 Å². The molecule has 3 aliphatic rings. The van der Waals surface area contributed by atoms with Gasteiger partial charge in [-0.05, 0) is 36.8 Å². The number of fused-ring (bicyclic) bond motifs is 7. The number of ether oxygens (including phenoxy) is 3. The molecule has 6 rings (SSSR count). The van der Waals surface area contributed by atoms with Gasteiger partial charge in [-0.15, -0.1) is 0 Å². The minimum absolute atomic E-state index is 0.127. The Hall–Kier alpha value is -5.07. The molecule has 0 saturated carbocycles. The molecule has 0 aliphatic carbocycles. The number of hydrogen-bond donors (Lipinski definition) is 3. The first-order chi connectivity index (χ1) is 20.6. The van der Waals surface area contributed by atoms with Crippen molar-refractivity contribution < 1.29 is 28.6 Å². The van der Waals surface area contributed by atoms with Gasteiger partial charge in [0, 0.05) is 62.1 Å². The Bertz CT molecular complexity index is 1680. The van der Waals surface area contributed by atoms with Gasteiger partial charge in [0.2, 0.25) is 5.91 Å². The van der Waals surface area contributed by atoms with Crippen molar-refractivity contribution in [3.63, 3.8) is 0 Å². The van der Waals surface area contributed by atoms with Crippen LogP contribution in [0.2, 0.25) is 0 Å². The molecule has 0 radical (unpaired) electrons. The third kappa shape index (κ3) is 6.55. The van der Waals surface area contributed by atoms with Crippen LogP contribution in [0.4, 0.5) is 0 Å². The molecule has 3 N–H and O–H groups in total. The maximum absolute atomic E-state index is 13.5. The van der Waals surface area contributed by atoms with Crippen LogP contribution in [0.25, 0.3) is 0 Å². The lowest BCUT2D eigenvalue weighted by Gasteiger charge is -2.39. The van der Waals surface area contributed by atoms with Crippen LogP contribution in [0, 0.1) is 6.92 Å². The summed E-state index contributed by atoms with van der Waals surface area (Å²) in [6.45, 7) is 2.24. The Labute approximate surface area is 246 Å². The Morgan fingerprint density at radius 1 is 1.12 bits per heavy atom. The molecular formula is C30H33N5O8. The highest BCUT2D eigenvalue weighted by Gasteiger charge is 2.35. The van der Waals surface area contributed by atoms with Crippen molar-refractivity contribution in [1.29, 1.82) is 0 Å². The topological polar surface area (TPSA) is 161 Å². The summed E-state index contributed by atoms with van der Waals surface area (Å²) < 4.78 is 18.5. The minimum Gasteiger partial charge on any atom is -0.496 e. The number of carbonyl (C=O) groups excluding carboxylic acids is 3. The highest BCUT2D eigenvalue weighted by Crippen LogP contribution is 2.28. The Balaban J connectivity index is 1.44. The quantitative estimate of drug-likeness (QED) is 0.395. The molecule has 3 amide bonds. The molecule has 1 fully saturated rings. The number of methoxy groups -OCH3 is 1. The first kappa shape index (κ1) is 29.4. The normalized spacial score (nSPS) is 18.8. The summed E-state index contributed by atoms with van der Waals surface area (Å²) in [5.41, 5.74) is 0.856. The van der Waals surface area contributed by atoms with Gasteiger partial charge in [-0.2, -0.15) is 0 Å². The summed E-state index contributed by atoms with van der Waals surface area (Å²) in [5, 5.41) is 5.82. The molecule has 43 heavy (non-hydrogen) atoms. The molecule has 2 atom stereocenters. The van der Waals surface area contributed by atoms with Gasteiger partial charge in [0.25, 0.3) is 17.4 Å². The van der Waals surface area contributed by atoms with Crippen molar-refractivity contribution in [2.45, 2.75) is 38.5 Å². The fourth-order valence-corrected chi connectivity index (χ4v) is 5.11. The van der Waals surface area contributed by atoms with E-state index < -0.39 is 29.3 Å². The fourth-order valence-electron chi connectivity index (χ4n) is 5.11. The number of piperidine rings is 1. The average Bonchev–Trinajstić information content (AvgIpc) is 3.00. The molecule has 13 nitrogen and oxygen atoms in total. The molecular weight excluding hydrogens is 558 g/mol. The molecule has 226 valence electrons. The van der Waals surface area contributed by atoms with Crippen molar-refractivity contribution in [2.75, 3.05) is 26.8 Å². The maximum Gasteiger partial charge on any atom is 0.328 e. The minimum atomic E-state index is -0.612. The SMILES string of the molecule is COc1cc2ccc1CNC(=O)COc1cc(ccc1C)C(=O)N[C@H]1CN(C(=O)Cc3c[nH]c(=O)n(C)c3=O)CC[C@H]1O2. The molecule has 4 heterocycles. The number of hydrogen-bond acceptors (Lipinski definition) is 8. The van der Waals surface area contributed by atoms with E-state index in [1.807, 2.05) is 6.92 Å². The lowest BCUT2D eigenvalue weighted by Crippen LogP contribution is -2.58. The van der Waals surface area contributed by atoms with Crippen LogP contribution in [0.3, 0.4) is 0 Å². The number of rotatable bonds is 3. The van der Waals surface area contributed by atoms with E-state index in [0.29, 0.717) is 35.8 Å². The monoisotopic (exact) mass is 591 g/mol. The Kier molecular flexibility index (Phi) is 8.51. The number of benzene rings is 2. The molecule has 1 aromatic heterocycles. The lowest BCUT2D eigenvalue weighted by molar-refractivity contribution is -0.133. The summed E-state index contributed by atoms with van der Waals surface area (Å²) in [6.07, 6.45) is 0.940. The van der Waals surface area contributed by atoms with Crippen molar-refractivity contribution in [1.82, 2.24) is 25.1 Å². The number of carbonyl (C=O) groups is 3. The second-order valence-electron chi connectivity index (χ2n) is 10.5. The third-order valence-corrected chi connectivity index (χ3v) is 7.65. The Morgan fingerprint density at radius 2 is 1.93 bits per heavy atom. The van der Waals surface area contributed by atoms with Gasteiger partial charge in [0.1, 0.15) is 23.4 Å². The summed E-state index contributed by atoms with van der Waals surface area (Å²) >= 11 is 0. The number of nitrogens with zero attached hydrogens (tertiary/aromatic N) is 2. The zero-order valence-corrected chi connectivity index (χ0v) is 24.1. The van der Waals surface area contributed by atoms with Crippen LogP contribution in [0.15, 0.2) is 52.2 Å². The smallest absolute Gasteiger partial charge is 0.328 e. The molecule has 3 aliphatic heterocycles. The highest BCUT2D eigenvalue weighted by molar-refractivity contribution is 5.95. The number of aryl methyl sites for hydroxylation is 1. The molecule has 1 saturated heterocycles. The van der Waals surface area contributed by atoms with Crippen molar-refractivity contribution in [3.05, 3.63) is 85.7 Å². The van der Waals surface area contributed by atoms with E-state index in [4.69, 9.17) is 14.2 Å². The van der Waals surface area contributed by atoms with E-state index in [-0.39, 0.29) is 43.5 Å². The highest BCUT2D eigenvalue weighted by atomic mass is 16.5. The standard InChI is InChI=1S/C30H33N5O8/c1-17-4-5-18-10-24(17)42-16-26(36)31-13-19-6-7-21(12-25(19)41-3)43-23-8-9-35(15-22(23)33-28(18)38)27(37)11-20-14-32-30(40)34(2)29(20)39/h4-7,10,12,14,22-23H,8-9,11,13,15-16H2,1-3H3,(H,31,36)(H,32,40)(H,33,38)/t22-,23+/m0/s1. The van der Waals surface area contributed by atoms with Crippen molar-refractivity contribution >= 4 is 17.7 Å². The number of H-pyrrole nitrogens is 1. The van der Waals surface area contributed by atoms with Crippen LogP contribution in [0.5, 0.6) is 17.2 Å². The van der Waals surface area contributed by atoms with Crippen LogP contribution < -0.4 is 36.1 Å². The summed E-state index contributed by atoms with van der Waals surface area (Å²) in [7, 11) is 2.86. The van der Waals surface area contributed by atoms with Gasteiger partial charge in [-0.25, -0.2) is 4.79 Å². The van der Waals surface area contributed by atoms with Crippen LogP contribution in [-0.4, -0.2) is 71.1 Å². The first-order valence-electron chi connectivity index (χ1n) is 13.8. The van der Waals surface area contributed by atoms with Gasteiger partial charge in [-0.1, -0.05) is 6.07 Å². The van der Waals surface area contributed by atoms with E-state index in [2.05, 4.69) is 15.6 Å². The van der Waals surface area contributed by atoms with Gasteiger partial charge in [-0.3, -0.25) is 23.7 Å². The molecule has 0 spiro atoms. The second kappa shape index (κ2) is 12.4. The zero-order chi connectivity index (χ0) is 30.7. The average molecular weight is 592 g/mol. The number of likely N-dealkylation sites (tertiary alicyclic amines) is 1. The summed E-state index contributed by atoms with van der Waals surface area (Å²) in [6, 6.07) is 9.61. The van der Waals surface area contributed by atoms with Gasteiger partial charge in [0.05, 0.1) is 19.6 Å². The van der Waals surface area contributed by atoms with Gasteiger partial charge < -0.3 is 34.7 Å². The third-order valence-electron chi connectivity index (χ3n) is 7.65. The Morgan fingerprint density at radius 3 is 2.72 bits per heavy atom. The number of nitrogens with one attached hydrogen (secondary N) is 3. The largest absolute Gasteiger partial charge is 0.496 e. The predicted octanol–water partition coefficient (Wildman–Crippen LogP) is 0.420. The first-order valence-corrected chi connectivity index (χ1v) is 13.8. The molecule has 4 bridgehead atoms. The van der Waals surface area contributed by atoms with E-state index >= 15 is 0 Å². The van der Waals surface area contributed by atoms with Crippen molar-refractivity contribution in [2.24, 2.45) is 7.05 Å². The molecule has 2 aromatic carbocycles. The van der Waals surface area contributed by atoms with Gasteiger partial charge >= 0.3 is 5.69 Å². The molecule has 3 aromatic rings. The predicted molar refractivity (Wildman–Crippen MR) is 154 cm³/mol. The van der Waals surface area contributed by atoms with Crippen LogP contribution in [-0.2, 0) is 29.6 Å². The number of amides is 3. The molecule has 0 unspecified atom stereocenters. The molecule has 13 heteroatoms. The number of aromatic amines is 1.